The molecule has 0 amide bonds. The molecule has 0 N–H and O–H groups in total. The molecule has 1 aromatic heterocycles. The molecule has 1 rings (SSSR count). The van der Waals surface area contributed by atoms with E-state index in [1.165, 1.54) is 19.8 Å². The standard InChI is InChI=1S/C6H7NO3/c1-9-3-6(8)5-2-10-4-7-5/h2,4H,3H2,1H3. The van der Waals surface area contributed by atoms with Crippen LogP contribution in [0.2, 0.25) is 0 Å². The van der Waals surface area contributed by atoms with Gasteiger partial charge in [0.1, 0.15) is 18.6 Å². The minimum atomic E-state index is -0.170. The van der Waals surface area contributed by atoms with Gasteiger partial charge in [0.15, 0.2) is 6.39 Å². The molecule has 0 aromatic carbocycles. The Bertz CT molecular complexity index is 205. The van der Waals surface area contributed by atoms with Gasteiger partial charge in [-0.05, 0) is 0 Å². The highest BCUT2D eigenvalue weighted by Crippen LogP contribution is 1.95. The number of ether oxygens (including phenoxy) is 1. The van der Waals surface area contributed by atoms with Crippen LogP contribution in [0.3, 0.4) is 0 Å². The van der Waals surface area contributed by atoms with Crippen LogP contribution in [0.4, 0.5) is 0 Å². The summed E-state index contributed by atoms with van der Waals surface area (Å²) >= 11 is 0. The molecule has 0 aliphatic heterocycles. The smallest absolute Gasteiger partial charge is 0.210 e. The van der Waals surface area contributed by atoms with Crippen molar-refractivity contribution >= 4 is 5.78 Å². The van der Waals surface area contributed by atoms with Gasteiger partial charge in [-0.2, -0.15) is 0 Å². The first-order chi connectivity index (χ1) is 4.84. The summed E-state index contributed by atoms with van der Waals surface area (Å²) in [6, 6.07) is 0. The summed E-state index contributed by atoms with van der Waals surface area (Å²) in [5, 5.41) is 0. The number of rotatable bonds is 3. The predicted molar refractivity (Wildman–Crippen MR) is 32.7 cm³/mol. The topological polar surface area (TPSA) is 52.3 Å². The molecule has 1 aromatic rings. The van der Waals surface area contributed by atoms with Crippen LogP contribution in [0.1, 0.15) is 10.5 Å². The molecule has 4 nitrogen and oxygen atoms in total. The number of aromatic nitrogens is 1. The summed E-state index contributed by atoms with van der Waals surface area (Å²) in [6.07, 6.45) is 2.50. The molecule has 0 saturated carbocycles. The molecule has 0 saturated heterocycles. The van der Waals surface area contributed by atoms with Crippen molar-refractivity contribution in [2.75, 3.05) is 13.7 Å². The molecule has 0 unspecified atom stereocenters. The number of hydrogen-bond acceptors (Lipinski definition) is 4. The van der Waals surface area contributed by atoms with Crippen LogP contribution < -0.4 is 0 Å². The van der Waals surface area contributed by atoms with Crippen molar-refractivity contribution in [2.24, 2.45) is 0 Å². The lowest BCUT2D eigenvalue weighted by Gasteiger charge is -1.90. The van der Waals surface area contributed by atoms with Crippen molar-refractivity contribution in [3.05, 3.63) is 18.4 Å². The maximum atomic E-state index is 10.9. The zero-order valence-corrected chi connectivity index (χ0v) is 5.53. The Morgan fingerprint density at radius 1 is 1.90 bits per heavy atom. The maximum absolute atomic E-state index is 10.9. The zero-order valence-electron chi connectivity index (χ0n) is 5.53. The van der Waals surface area contributed by atoms with Gasteiger partial charge in [-0.15, -0.1) is 0 Å². The van der Waals surface area contributed by atoms with Crippen molar-refractivity contribution in [2.45, 2.75) is 0 Å². The summed E-state index contributed by atoms with van der Waals surface area (Å²) in [5.74, 6) is -0.170. The molecule has 4 heteroatoms. The number of methoxy groups -OCH3 is 1. The van der Waals surface area contributed by atoms with E-state index in [2.05, 4.69) is 14.1 Å². The Kier molecular flexibility index (Phi) is 2.17. The van der Waals surface area contributed by atoms with Gasteiger partial charge in [-0.1, -0.05) is 0 Å². The van der Waals surface area contributed by atoms with Crippen molar-refractivity contribution in [3.63, 3.8) is 0 Å². The Balaban J connectivity index is 2.59. The number of hydrogen-bond donors (Lipinski definition) is 0. The van der Waals surface area contributed by atoms with Crippen LogP contribution in [-0.4, -0.2) is 24.5 Å². The second kappa shape index (κ2) is 3.12. The quantitative estimate of drug-likeness (QED) is 0.575. The van der Waals surface area contributed by atoms with E-state index in [-0.39, 0.29) is 12.4 Å². The van der Waals surface area contributed by atoms with Crippen LogP contribution in [0.15, 0.2) is 17.1 Å². The largest absolute Gasteiger partial charge is 0.451 e. The van der Waals surface area contributed by atoms with Gasteiger partial charge in [0.2, 0.25) is 5.78 Å². The lowest BCUT2D eigenvalue weighted by atomic mass is 10.3. The average molecular weight is 141 g/mol. The summed E-state index contributed by atoms with van der Waals surface area (Å²) in [5.41, 5.74) is 0.307. The lowest BCUT2D eigenvalue weighted by molar-refractivity contribution is 0.0843. The molecule has 0 spiro atoms. The first-order valence-corrected chi connectivity index (χ1v) is 2.75. The van der Waals surface area contributed by atoms with Crippen LogP contribution >= 0.6 is 0 Å². The fourth-order valence-electron chi connectivity index (χ4n) is 0.555. The summed E-state index contributed by atoms with van der Waals surface area (Å²) in [7, 11) is 1.46. The Labute approximate surface area is 57.8 Å². The fraction of sp³-hybridized carbons (Fsp3) is 0.333. The normalized spacial score (nSPS) is 9.70. The number of ketones is 1. The van der Waals surface area contributed by atoms with Crippen molar-refractivity contribution in [1.82, 2.24) is 4.98 Å². The first kappa shape index (κ1) is 6.95. The van der Waals surface area contributed by atoms with E-state index in [9.17, 15) is 4.79 Å². The van der Waals surface area contributed by atoms with E-state index in [0.717, 1.165) is 0 Å². The number of Topliss-reactive ketones (excluding diaryl/α,β-unsaturated/α-hetero) is 1. The molecule has 0 atom stereocenters. The molecule has 1 heterocycles. The lowest BCUT2D eigenvalue weighted by Crippen LogP contribution is -2.06. The van der Waals surface area contributed by atoms with Crippen LogP contribution in [0, 0.1) is 0 Å². The van der Waals surface area contributed by atoms with Gasteiger partial charge < -0.3 is 9.15 Å². The molecule has 10 heavy (non-hydrogen) atoms. The van der Waals surface area contributed by atoms with Crippen molar-refractivity contribution in [1.29, 1.82) is 0 Å². The van der Waals surface area contributed by atoms with E-state index in [1.54, 1.807) is 0 Å². The molecule has 0 bridgehead atoms. The third-order valence-corrected chi connectivity index (χ3v) is 0.993. The molecule has 54 valence electrons. The fourth-order valence-corrected chi connectivity index (χ4v) is 0.555. The molecule has 0 fully saturated rings. The third-order valence-electron chi connectivity index (χ3n) is 0.993. The zero-order chi connectivity index (χ0) is 7.40. The molecule has 0 radical (unpaired) electrons. The first-order valence-electron chi connectivity index (χ1n) is 2.75. The minimum absolute atomic E-state index is 0.0481. The molecule has 0 aliphatic rings. The highest BCUT2D eigenvalue weighted by molar-refractivity contribution is 5.94. The van der Waals surface area contributed by atoms with Crippen LogP contribution in [0.5, 0.6) is 0 Å². The summed E-state index contributed by atoms with van der Waals surface area (Å²) < 4.78 is 9.19. The molecule has 0 aliphatic carbocycles. The highest BCUT2D eigenvalue weighted by Gasteiger charge is 2.06. The van der Waals surface area contributed by atoms with E-state index in [1.807, 2.05) is 0 Å². The van der Waals surface area contributed by atoms with Crippen molar-refractivity contribution in [3.8, 4) is 0 Å². The maximum Gasteiger partial charge on any atom is 0.210 e. The summed E-state index contributed by atoms with van der Waals surface area (Å²) in [6.45, 7) is 0.0481. The Morgan fingerprint density at radius 2 is 2.70 bits per heavy atom. The molecular formula is C6H7NO3. The second-order valence-electron chi connectivity index (χ2n) is 1.73. The average Bonchev–Trinajstić information content (AvgIpc) is 2.38. The third kappa shape index (κ3) is 1.41. The predicted octanol–water partition coefficient (Wildman–Crippen LogP) is 0.504. The van der Waals surface area contributed by atoms with E-state index >= 15 is 0 Å². The number of carbonyl (C=O) groups excluding carboxylic acids is 1. The highest BCUT2D eigenvalue weighted by atomic mass is 16.5. The van der Waals surface area contributed by atoms with Gasteiger partial charge >= 0.3 is 0 Å². The monoisotopic (exact) mass is 141 g/mol. The molecular weight excluding hydrogens is 134 g/mol. The minimum Gasteiger partial charge on any atom is -0.451 e. The van der Waals surface area contributed by atoms with Crippen LogP contribution in [0.25, 0.3) is 0 Å². The second-order valence-corrected chi connectivity index (χ2v) is 1.73. The number of oxazole rings is 1. The van der Waals surface area contributed by atoms with Crippen LogP contribution in [-0.2, 0) is 4.74 Å². The van der Waals surface area contributed by atoms with Gasteiger partial charge in [0.25, 0.3) is 0 Å². The number of nitrogens with zero attached hydrogens (tertiary/aromatic N) is 1. The van der Waals surface area contributed by atoms with Gasteiger partial charge in [-0.25, -0.2) is 4.98 Å². The summed E-state index contributed by atoms with van der Waals surface area (Å²) in [4.78, 5) is 14.5. The van der Waals surface area contributed by atoms with E-state index in [4.69, 9.17) is 0 Å². The Morgan fingerprint density at radius 3 is 3.20 bits per heavy atom. The van der Waals surface area contributed by atoms with Gasteiger partial charge in [0.05, 0.1) is 0 Å². The van der Waals surface area contributed by atoms with E-state index in [0.29, 0.717) is 5.69 Å². The van der Waals surface area contributed by atoms with E-state index < -0.39 is 0 Å². The Hall–Kier alpha value is -1.16. The SMILES string of the molecule is COCC(=O)c1cocn1. The number of carbonyl (C=O) groups is 1. The van der Waals surface area contributed by atoms with Gasteiger partial charge in [0, 0.05) is 7.11 Å². The van der Waals surface area contributed by atoms with Gasteiger partial charge in [-0.3, -0.25) is 4.79 Å². The van der Waals surface area contributed by atoms with Crippen molar-refractivity contribution < 1.29 is 13.9 Å².